The van der Waals surface area contributed by atoms with E-state index in [1.807, 2.05) is 6.07 Å². The minimum Gasteiger partial charge on any atom is -0.229 e. The van der Waals surface area contributed by atoms with Crippen molar-refractivity contribution < 1.29 is 16.8 Å². The van der Waals surface area contributed by atoms with Crippen LogP contribution < -0.4 is 4.72 Å². The number of benzene rings is 1. The molecule has 1 saturated heterocycles. The highest BCUT2D eigenvalue weighted by atomic mass is 32.2. The molecule has 3 rings (SSSR count). The van der Waals surface area contributed by atoms with Gasteiger partial charge in [-0.25, -0.2) is 21.6 Å². The Morgan fingerprint density at radius 1 is 1.15 bits per heavy atom. The summed E-state index contributed by atoms with van der Waals surface area (Å²) in [6.07, 6.45) is 3.33. The van der Waals surface area contributed by atoms with E-state index in [0.29, 0.717) is 6.42 Å². The Morgan fingerprint density at radius 3 is 2.60 bits per heavy atom. The summed E-state index contributed by atoms with van der Waals surface area (Å²) < 4.78 is 49.9. The maximum absolute atomic E-state index is 12.3. The van der Waals surface area contributed by atoms with Crippen molar-refractivity contribution in [3.8, 4) is 0 Å². The van der Waals surface area contributed by atoms with E-state index in [9.17, 15) is 16.8 Å². The highest BCUT2D eigenvalue weighted by Crippen LogP contribution is 2.25. The second-order valence-electron chi connectivity index (χ2n) is 5.51. The molecule has 1 aliphatic carbocycles. The van der Waals surface area contributed by atoms with E-state index in [2.05, 4.69) is 4.72 Å². The molecule has 0 aromatic heterocycles. The van der Waals surface area contributed by atoms with Gasteiger partial charge in [0.1, 0.15) is 0 Å². The number of nitrogens with one attached hydrogen (secondary N) is 1. The average molecular weight is 315 g/mol. The van der Waals surface area contributed by atoms with E-state index in [1.165, 1.54) is 5.56 Å². The predicted molar refractivity (Wildman–Crippen MR) is 75.8 cm³/mol. The predicted octanol–water partition coefficient (Wildman–Crippen LogP) is 0.641. The molecule has 1 fully saturated rings. The van der Waals surface area contributed by atoms with Crippen molar-refractivity contribution in [2.45, 2.75) is 36.6 Å². The van der Waals surface area contributed by atoms with E-state index in [4.69, 9.17) is 0 Å². The lowest BCUT2D eigenvalue weighted by molar-refractivity contribution is 0.562. The molecule has 1 aromatic carbocycles. The summed E-state index contributed by atoms with van der Waals surface area (Å²) in [5, 5.41) is 0. The summed E-state index contributed by atoms with van der Waals surface area (Å²) in [5.41, 5.74) is 2.30. The van der Waals surface area contributed by atoms with Crippen molar-refractivity contribution >= 4 is 19.9 Å². The third-order valence-electron chi connectivity index (χ3n) is 3.93. The van der Waals surface area contributed by atoms with Crippen LogP contribution in [0, 0.1) is 0 Å². The molecule has 0 bridgehead atoms. The molecule has 1 aromatic rings. The molecule has 1 atom stereocenters. The van der Waals surface area contributed by atoms with Crippen molar-refractivity contribution in [3.05, 3.63) is 29.3 Å². The van der Waals surface area contributed by atoms with Gasteiger partial charge in [0, 0.05) is 6.04 Å². The van der Waals surface area contributed by atoms with Crippen LogP contribution in [0.15, 0.2) is 23.1 Å². The van der Waals surface area contributed by atoms with Crippen molar-refractivity contribution in [2.75, 3.05) is 11.5 Å². The van der Waals surface area contributed by atoms with Crippen LogP contribution in [0.4, 0.5) is 0 Å². The van der Waals surface area contributed by atoms with E-state index in [1.54, 1.807) is 12.1 Å². The minimum atomic E-state index is -3.63. The first kappa shape index (κ1) is 14.0. The van der Waals surface area contributed by atoms with Gasteiger partial charge in [-0.1, -0.05) is 6.07 Å². The second-order valence-corrected chi connectivity index (χ2v) is 9.45. The van der Waals surface area contributed by atoms with Crippen LogP contribution in [-0.2, 0) is 32.7 Å². The molecule has 0 saturated carbocycles. The van der Waals surface area contributed by atoms with Crippen molar-refractivity contribution in [1.29, 1.82) is 0 Å². The fourth-order valence-electron chi connectivity index (χ4n) is 2.89. The Balaban J connectivity index is 1.82. The second kappa shape index (κ2) is 4.82. The quantitative estimate of drug-likeness (QED) is 0.887. The Morgan fingerprint density at radius 2 is 1.90 bits per heavy atom. The monoisotopic (exact) mass is 315 g/mol. The Hall–Kier alpha value is -0.920. The summed E-state index contributed by atoms with van der Waals surface area (Å²) in [6.45, 7) is 0. The molecule has 0 radical (unpaired) electrons. The first-order valence-electron chi connectivity index (χ1n) is 6.70. The molecule has 20 heavy (non-hydrogen) atoms. The van der Waals surface area contributed by atoms with E-state index < -0.39 is 25.9 Å². The van der Waals surface area contributed by atoms with Crippen LogP contribution in [0.3, 0.4) is 0 Å². The molecule has 5 nitrogen and oxygen atoms in total. The topological polar surface area (TPSA) is 80.3 Å². The van der Waals surface area contributed by atoms with Gasteiger partial charge in [-0.3, -0.25) is 0 Å². The van der Waals surface area contributed by atoms with Crippen LogP contribution in [0.1, 0.15) is 24.0 Å². The van der Waals surface area contributed by atoms with Gasteiger partial charge in [-0.05, 0) is 48.9 Å². The molecule has 7 heteroatoms. The first-order chi connectivity index (χ1) is 9.36. The molecule has 0 spiro atoms. The maximum Gasteiger partial charge on any atom is 0.240 e. The third-order valence-corrected chi connectivity index (χ3v) is 7.22. The first-order valence-corrected chi connectivity index (χ1v) is 10.0. The third kappa shape index (κ3) is 2.75. The van der Waals surface area contributed by atoms with E-state index >= 15 is 0 Å². The lowest BCUT2D eigenvalue weighted by atomic mass is 10.1. The molecule has 1 N–H and O–H groups in total. The van der Waals surface area contributed by atoms with Gasteiger partial charge < -0.3 is 0 Å². The summed E-state index contributed by atoms with van der Waals surface area (Å²) in [4.78, 5) is 0.238. The molecule has 1 heterocycles. The Kier molecular flexibility index (Phi) is 3.38. The molecular formula is C13H17NO4S2. The number of sulfone groups is 1. The Labute approximate surface area is 119 Å². The largest absolute Gasteiger partial charge is 0.240 e. The van der Waals surface area contributed by atoms with Crippen LogP contribution in [-0.4, -0.2) is 34.4 Å². The number of fused-ring (bicyclic) bond motifs is 1. The van der Waals surface area contributed by atoms with Crippen LogP contribution in [0.25, 0.3) is 0 Å². The van der Waals surface area contributed by atoms with Gasteiger partial charge in [0.15, 0.2) is 9.84 Å². The minimum absolute atomic E-state index is 0.0599. The molecule has 2 aliphatic rings. The lowest BCUT2D eigenvalue weighted by Gasteiger charge is -2.12. The summed E-state index contributed by atoms with van der Waals surface area (Å²) in [6, 6.07) is 4.69. The van der Waals surface area contributed by atoms with Crippen LogP contribution in [0.5, 0.6) is 0 Å². The molecule has 0 amide bonds. The number of sulfonamides is 1. The number of hydrogen-bond donors (Lipinski definition) is 1. The van der Waals surface area contributed by atoms with Gasteiger partial charge in [0.25, 0.3) is 0 Å². The molecule has 1 unspecified atom stereocenters. The smallest absolute Gasteiger partial charge is 0.229 e. The van der Waals surface area contributed by atoms with Crippen molar-refractivity contribution in [1.82, 2.24) is 4.72 Å². The molecule has 110 valence electrons. The number of aryl methyl sites for hydroxylation is 2. The highest BCUT2D eigenvalue weighted by molar-refractivity contribution is 7.92. The lowest BCUT2D eigenvalue weighted by Crippen LogP contribution is -2.35. The van der Waals surface area contributed by atoms with Gasteiger partial charge in [0.2, 0.25) is 10.0 Å². The van der Waals surface area contributed by atoms with Gasteiger partial charge in [-0.2, -0.15) is 0 Å². The van der Waals surface area contributed by atoms with Gasteiger partial charge in [0.05, 0.1) is 16.4 Å². The summed E-state index contributed by atoms with van der Waals surface area (Å²) >= 11 is 0. The summed E-state index contributed by atoms with van der Waals surface area (Å²) in [7, 11) is -6.72. The molecule has 1 aliphatic heterocycles. The van der Waals surface area contributed by atoms with Crippen LogP contribution >= 0.6 is 0 Å². The fraction of sp³-hybridized carbons (Fsp3) is 0.538. The van der Waals surface area contributed by atoms with E-state index in [0.717, 1.165) is 24.8 Å². The zero-order valence-electron chi connectivity index (χ0n) is 11.0. The normalized spacial score (nSPS) is 24.7. The van der Waals surface area contributed by atoms with Gasteiger partial charge in [-0.15, -0.1) is 0 Å². The zero-order chi connectivity index (χ0) is 14.4. The van der Waals surface area contributed by atoms with E-state index in [-0.39, 0.29) is 16.4 Å². The highest BCUT2D eigenvalue weighted by Gasteiger charge is 2.31. The standard InChI is InChI=1S/C13H17NO4S2/c15-19(16)7-6-12(9-19)14-20(17,18)13-5-4-10-2-1-3-11(10)8-13/h4-5,8,12,14H,1-3,6-7,9H2. The fourth-order valence-corrected chi connectivity index (χ4v) is 5.99. The SMILES string of the molecule is O=S1(=O)CCC(NS(=O)(=O)c2ccc3c(c2)CCC3)C1. The average Bonchev–Trinajstić information content (AvgIpc) is 2.94. The summed E-state index contributed by atoms with van der Waals surface area (Å²) in [5.74, 6) is -0.0401. The molecular weight excluding hydrogens is 298 g/mol. The van der Waals surface area contributed by atoms with Gasteiger partial charge >= 0.3 is 0 Å². The van der Waals surface area contributed by atoms with Crippen molar-refractivity contribution in [3.63, 3.8) is 0 Å². The number of rotatable bonds is 3. The van der Waals surface area contributed by atoms with Crippen molar-refractivity contribution in [2.24, 2.45) is 0 Å². The Bertz CT molecular complexity index is 738. The van der Waals surface area contributed by atoms with Crippen LogP contribution in [0.2, 0.25) is 0 Å². The zero-order valence-corrected chi connectivity index (χ0v) is 12.6. The maximum atomic E-state index is 12.3. The number of hydrogen-bond acceptors (Lipinski definition) is 4.